The summed E-state index contributed by atoms with van der Waals surface area (Å²) in [6, 6.07) is 5.20. The maximum absolute atomic E-state index is 13.3. The number of rotatable bonds is 3. The SMILES string of the molecule is CC1CCCC(N(C)c2ccc(F)cc2[C@H](C)O)C1. The molecule has 1 saturated carbocycles. The minimum Gasteiger partial charge on any atom is -0.389 e. The maximum Gasteiger partial charge on any atom is 0.123 e. The van der Waals surface area contributed by atoms with E-state index in [9.17, 15) is 9.50 Å². The molecule has 106 valence electrons. The van der Waals surface area contributed by atoms with Gasteiger partial charge in [0.05, 0.1) is 6.10 Å². The standard InChI is InChI=1S/C16H24FNO/c1-11-5-4-6-14(9-11)18(3)16-8-7-13(17)10-15(16)12(2)19/h7-8,10-12,14,19H,4-6,9H2,1-3H3/t11?,12-,14?/m0/s1. The van der Waals surface area contributed by atoms with Gasteiger partial charge in [0.2, 0.25) is 0 Å². The average Bonchev–Trinajstić information content (AvgIpc) is 2.37. The van der Waals surface area contributed by atoms with Gasteiger partial charge in [-0.25, -0.2) is 4.39 Å². The fourth-order valence-electron chi connectivity index (χ4n) is 3.13. The molecule has 1 aromatic carbocycles. The summed E-state index contributed by atoms with van der Waals surface area (Å²) in [5.41, 5.74) is 1.64. The summed E-state index contributed by atoms with van der Waals surface area (Å²) >= 11 is 0. The molecule has 1 aliphatic rings. The smallest absolute Gasteiger partial charge is 0.123 e. The van der Waals surface area contributed by atoms with Crippen molar-refractivity contribution in [1.29, 1.82) is 0 Å². The Bertz CT molecular complexity index is 433. The van der Waals surface area contributed by atoms with Gasteiger partial charge in [-0.3, -0.25) is 0 Å². The van der Waals surface area contributed by atoms with Crippen LogP contribution in [-0.4, -0.2) is 18.2 Å². The van der Waals surface area contributed by atoms with Gasteiger partial charge in [0.15, 0.2) is 0 Å². The molecule has 2 nitrogen and oxygen atoms in total. The van der Waals surface area contributed by atoms with Gasteiger partial charge in [0, 0.05) is 24.3 Å². The summed E-state index contributed by atoms with van der Waals surface area (Å²) in [5.74, 6) is 0.460. The summed E-state index contributed by atoms with van der Waals surface area (Å²) in [6.07, 6.45) is 4.26. The van der Waals surface area contributed by atoms with Gasteiger partial charge < -0.3 is 10.0 Å². The summed E-state index contributed by atoms with van der Waals surface area (Å²) in [7, 11) is 2.06. The molecule has 0 aromatic heterocycles. The molecule has 19 heavy (non-hydrogen) atoms. The van der Waals surface area contributed by atoms with Crippen molar-refractivity contribution in [3.8, 4) is 0 Å². The van der Waals surface area contributed by atoms with E-state index in [0.717, 1.165) is 11.6 Å². The highest BCUT2D eigenvalue weighted by molar-refractivity contribution is 5.55. The van der Waals surface area contributed by atoms with Crippen LogP contribution in [0.15, 0.2) is 18.2 Å². The first-order valence-electron chi connectivity index (χ1n) is 7.19. The molecule has 0 amide bonds. The Morgan fingerprint density at radius 2 is 2.11 bits per heavy atom. The Balaban J connectivity index is 2.25. The molecule has 0 heterocycles. The van der Waals surface area contributed by atoms with Crippen LogP contribution in [0, 0.1) is 11.7 Å². The Morgan fingerprint density at radius 1 is 1.37 bits per heavy atom. The second-order valence-corrected chi connectivity index (χ2v) is 5.92. The summed E-state index contributed by atoms with van der Waals surface area (Å²) in [6.45, 7) is 3.98. The summed E-state index contributed by atoms with van der Waals surface area (Å²) in [5, 5.41) is 9.83. The second kappa shape index (κ2) is 5.91. The number of aliphatic hydroxyl groups excluding tert-OH is 1. The molecule has 1 fully saturated rings. The van der Waals surface area contributed by atoms with Crippen LogP contribution in [0.25, 0.3) is 0 Å². The third-order valence-electron chi connectivity index (χ3n) is 4.28. The normalized spacial score (nSPS) is 25.1. The Hall–Kier alpha value is -1.09. The zero-order valence-corrected chi connectivity index (χ0v) is 12.1. The van der Waals surface area contributed by atoms with Crippen molar-refractivity contribution in [3.05, 3.63) is 29.6 Å². The van der Waals surface area contributed by atoms with Crippen molar-refractivity contribution in [2.45, 2.75) is 51.7 Å². The average molecular weight is 265 g/mol. The lowest BCUT2D eigenvalue weighted by Crippen LogP contribution is -2.36. The molecule has 3 atom stereocenters. The monoisotopic (exact) mass is 265 g/mol. The largest absolute Gasteiger partial charge is 0.389 e. The van der Waals surface area contributed by atoms with E-state index in [-0.39, 0.29) is 5.82 Å². The summed E-state index contributed by atoms with van der Waals surface area (Å²) in [4.78, 5) is 2.22. The van der Waals surface area contributed by atoms with Crippen LogP contribution in [0.4, 0.5) is 10.1 Å². The first-order chi connectivity index (χ1) is 8.99. The lowest BCUT2D eigenvalue weighted by atomic mass is 9.86. The second-order valence-electron chi connectivity index (χ2n) is 5.92. The predicted molar refractivity (Wildman–Crippen MR) is 76.9 cm³/mol. The van der Waals surface area contributed by atoms with Gasteiger partial charge in [0.1, 0.15) is 5.82 Å². The van der Waals surface area contributed by atoms with Crippen molar-refractivity contribution in [3.63, 3.8) is 0 Å². The Kier molecular flexibility index (Phi) is 4.46. The Labute approximate surface area is 115 Å². The number of anilines is 1. The van der Waals surface area contributed by atoms with E-state index in [1.165, 1.54) is 37.8 Å². The molecule has 1 aromatic rings. The van der Waals surface area contributed by atoms with Crippen LogP contribution in [0.3, 0.4) is 0 Å². The van der Waals surface area contributed by atoms with E-state index < -0.39 is 6.10 Å². The van der Waals surface area contributed by atoms with Gasteiger partial charge in [0.25, 0.3) is 0 Å². The van der Waals surface area contributed by atoms with Gasteiger partial charge in [-0.15, -0.1) is 0 Å². The van der Waals surface area contributed by atoms with Crippen LogP contribution >= 0.6 is 0 Å². The topological polar surface area (TPSA) is 23.5 Å². The van der Waals surface area contributed by atoms with Crippen molar-refractivity contribution in [2.75, 3.05) is 11.9 Å². The number of hydrogen-bond acceptors (Lipinski definition) is 2. The third kappa shape index (κ3) is 3.27. The first-order valence-corrected chi connectivity index (χ1v) is 7.19. The number of halogens is 1. The van der Waals surface area contributed by atoms with Crippen molar-refractivity contribution in [1.82, 2.24) is 0 Å². The van der Waals surface area contributed by atoms with Crippen LogP contribution in [-0.2, 0) is 0 Å². The highest BCUT2D eigenvalue weighted by Gasteiger charge is 2.24. The molecule has 0 radical (unpaired) electrons. The lowest BCUT2D eigenvalue weighted by molar-refractivity contribution is 0.199. The molecular weight excluding hydrogens is 241 g/mol. The lowest BCUT2D eigenvalue weighted by Gasteiger charge is -2.37. The van der Waals surface area contributed by atoms with E-state index in [4.69, 9.17) is 0 Å². The van der Waals surface area contributed by atoms with Gasteiger partial charge >= 0.3 is 0 Å². The van der Waals surface area contributed by atoms with E-state index in [1.54, 1.807) is 13.0 Å². The molecule has 1 aliphatic carbocycles. The fourth-order valence-corrected chi connectivity index (χ4v) is 3.13. The van der Waals surface area contributed by atoms with Gasteiger partial charge in [-0.1, -0.05) is 19.8 Å². The number of nitrogens with zero attached hydrogens (tertiary/aromatic N) is 1. The quantitative estimate of drug-likeness (QED) is 0.896. The number of hydrogen-bond donors (Lipinski definition) is 1. The zero-order valence-electron chi connectivity index (χ0n) is 12.1. The maximum atomic E-state index is 13.3. The minimum absolute atomic E-state index is 0.287. The van der Waals surface area contributed by atoms with Crippen LogP contribution in [0.5, 0.6) is 0 Å². The molecule has 2 unspecified atom stereocenters. The minimum atomic E-state index is -0.644. The molecule has 2 rings (SSSR count). The van der Waals surface area contributed by atoms with Crippen LogP contribution in [0.2, 0.25) is 0 Å². The third-order valence-corrected chi connectivity index (χ3v) is 4.28. The molecule has 3 heteroatoms. The van der Waals surface area contributed by atoms with Gasteiger partial charge in [-0.2, -0.15) is 0 Å². The van der Waals surface area contributed by atoms with Crippen LogP contribution in [0.1, 0.15) is 51.2 Å². The van der Waals surface area contributed by atoms with E-state index >= 15 is 0 Å². The number of benzene rings is 1. The van der Waals surface area contributed by atoms with Crippen molar-refractivity contribution >= 4 is 5.69 Å². The van der Waals surface area contributed by atoms with Crippen molar-refractivity contribution < 1.29 is 9.50 Å². The molecule has 0 saturated heterocycles. The van der Waals surface area contributed by atoms with E-state index in [1.807, 2.05) is 0 Å². The molecule has 0 aliphatic heterocycles. The highest BCUT2D eigenvalue weighted by atomic mass is 19.1. The van der Waals surface area contributed by atoms with Crippen LogP contribution < -0.4 is 4.90 Å². The fraction of sp³-hybridized carbons (Fsp3) is 0.625. The predicted octanol–water partition coefficient (Wildman–Crippen LogP) is 3.89. The first kappa shape index (κ1) is 14.3. The Morgan fingerprint density at radius 3 is 2.74 bits per heavy atom. The summed E-state index contributed by atoms with van der Waals surface area (Å²) < 4.78 is 13.3. The molecule has 1 N–H and O–H groups in total. The van der Waals surface area contributed by atoms with E-state index in [2.05, 4.69) is 18.9 Å². The molecular formula is C16H24FNO. The van der Waals surface area contributed by atoms with Crippen molar-refractivity contribution in [2.24, 2.45) is 5.92 Å². The zero-order chi connectivity index (χ0) is 14.0. The highest BCUT2D eigenvalue weighted by Crippen LogP contribution is 2.33. The van der Waals surface area contributed by atoms with E-state index in [0.29, 0.717) is 11.6 Å². The molecule has 0 spiro atoms. The van der Waals surface area contributed by atoms with Gasteiger partial charge in [-0.05, 0) is 43.9 Å². The molecule has 0 bridgehead atoms. The number of aliphatic hydroxyl groups is 1.